The summed E-state index contributed by atoms with van der Waals surface area (Å²) in [4.78, 5) is 12.5. The molecule has 0 spiro atoms. The molecule has 0 aliphatic heterocycles. The van der Waals surface area contributed by atoms with Crippen molar-refractivity contribution in [3.8, 4) is 0 Å². The Morgan fingerprint density at radius 2 is 1.53 bits per heavy atom. The highest BCUT2D eigenvalue weighted by atomic mass is 16.1. The van der Waals surface area contributed by atoms with E-state index in [1.165, 1.54) is 38.5 Å². The van der Waals surface area contributed by atoms with Crippen LogP contribution in [0.3, 0.4) is 0 Å². The molecule has 2 aliphatic carbocycles. The number of nitrogens with one attached hydrogen (secondary N) is 1. The number of ketones is 1. The van der Waals surface area contributed by atoms with Crippen molar-refractivity contribution in [2.75, 3.05) is 0 Å². The molecule has 0 amide bonds. The van der Waals surface area contributed by atoms with Gasteiger partial charge < -0.3 is 5.32 Å². The van der Waals surface area contributed by atoms with Gasteiger partial charge in [-0.3, -0.25) is 4.79 Å². The van der Waals surface area contributed by atoms with E-state index in [4.69, 9.17) is 0 Å². The lowest BCUT2D eigenvalue weighted by Gasteiger charge is -2.27. The lowest BCUT2D eigenvalue weighted by molar-refractivity contribution is -0.126. The number of hydrogen-bond acceptors (Lipinski definition) is 2. The number of Topliss-reactive ketones (excluding diaryl/α,β-unsaturated/α-hetero) is 1. The van der Waals surface area contributed by atoms with Gasteiger partial charge in [0, 0.05) is 12.0 Å². The van der Waals surface area contributed by atoms with Crippen molar-refractivity contribution in [1.29, 1.82) is 0 Å². The summed E-state index contributed by atoms with van der Waals surface area (Å²) in [5.41, 5.74) is 0. The largest absolute Gasteiger partial charge is 0.304 e. The van der Waals surface area contributed by atoms with E-state index in [-0.39, 0.29) is 6.04 Å². The van der Waals surface area contributed by atoms with Crippen LogP contribution in [0.4, 0.5) is 0 Å². The lowest BCUT2D eigenvalue weighted by Crippen LogP contribution is -2.47. The minimum Gasteiger partial charge on any atom is -0.304 e. The molecule has 2 saturated carbocycles. The minimum atomic E-state index is 0.112. The molecule has 98 valence electrons. The van der Waals surface area contributed by atoms with Crippen LogP contribution in [-0.2, 0) is 4.79 Å². The van der Waals surface area contributed by atoms with Crippen molar-refractivity contribution in [2.24, 2.45) is 11.8 Å². The summed E-state index contributed by atoms with van der Waals surface area (Å²) in [6.07, 6.45) is 9.97. The normalized spacial score (nSPS) is 24.6. The first-order chi connectivity index (χ1) is 8.18. The van der Waals surface area contributed by atoms with Gasteiger partial charge in [-0.25, -0.2) is 0 Å². The summed E-state index contributed by atoms with van der Waals surface area (Å²) >= 11 is 0. The van der Waals surface area contributed by atoms with Crippen LogP contribution in [0, 0.1) is 11.8 Å². The smallest absolute Gasteiger partial charge is 0.153 e. The maximum Gasteiger partial charge on any atom is 0.153 e. The van der Waals surface area contributed by atoms with E-state index in [2.05, 4.69) is 19.2 Å². The highest BCUT2D eigenvalue weighted by Gasteiger charge is 2.32. The molecule has 1 N–H and O–H groups in total. The molecular weight excluding hydrogens is 210 g/mol. The van der Waals surface area contributed by atoms with Gasteiger partial charge >= 0.3 is 0 Å². The molecule has 0 aromatic carbocycles. The van der Waals surface area contributed by atoms with E-state index in [1.54, 1.807) is 0 Å². The average Bonchev–Trinajstić information content (AvgIpc) is 2.97. The lowest BCUT2D eigenvalue weighted by atomic mass is 9.89. The van der Waals surface area contributed by atoms with E-state index in [0.29, 0.717) is 23.7 Å². The Labute approximate surface area is 106 Å². The van der Waals surface area contributed by atoms with Gasteiger partial charge in [0.25, 0.3) is 0 Å². The predicted octanol–water partition coefficient (Wildman–Crippen LogP) is 3.30. The summed E-state index contributed by atoms with van der Waals surface area (Å²) in [5.74, 6) is 1.30. The third-order valence-corrected chi connectivity index (χ3v) is 4.50. The predicted molar refractivity (Wildman–Crippen MR) is 71.0 cm³/mol. The Morgan fingerprint density at radius 1 is 1.00 bits per heavy atom. The zero-order valence-electron chi connectivity index (χ0n) is 11.4. The molecule has 2 fully saturated rings. The first kappa shape index (κ1) is 13.1. The molecule has 17 heavy (non-hydrogen) atoms. The van der Waals surface area contributed by atoms with Crippen LogP contribution in [0.5, 0.6) is 0 Å². The standard InChI is InChI=1S/C15H27NO/c1-11(2)14(16-13-9-5-6-10-13)15(17)12-7-3-4-8-12/h11-14,16H,3-10H2,1-2H3. The third kappa shape index (κ3) is 3.31. The van der Waals surface area contributed by atoms with Crippen molar-refractivity contribution in [3.63, 3.8) is 0 Å². The first-order valence-corrected chi connectivity index (χ1v) is 7.48. The molecule has 0 aromatic rings. The van der Waals surface area contributed by atoms with Gasteiger partial charge in [-0.2, -0.15) is 0 Å². The van der Waals surface area contributed by atoms with Gasteiger partial charge in [0.05, 0.1) is 6.04 Å². The van der Waals surface area contributed by atoms with Crippen molar-refractivity contribution in [2.45, 2.75) is 77.3 Å². The highest BCUT2D eigenvalue weighted by molar-refractivity contribution is 5.86. The Bertz CT molecular complexity index is 250. The second-order valence-electron chi connectivity index (χ2n) is 6.25. The van der Waals surface area contributed by atoms with Crippen LogP contribution in [0.25, 0.3) is 0 Å². The monoisotopic (exact) mass is 237 g/mol. The molecule has 2 nitrogen and oxygen atoms in total. The second kappa shape index (κ2) is 5.99. The quantitative estimate of drug-likeness (QED) is 0.795. The second-order valence-corrected chi connectivity index (χ2v) is 6.25. The van der Waals surface area contributed by atoms with Gasteiger partial charge in [0.2, 0.25) is 0 Å². The van der Waals surface area contributed by atoms with Crippen molar-refractivity contribution in [1.82, 2.24) is 5.32 Å². The van der Waals surface area contributed by atoms with Gasteiger partial charge in [0.1, 0.15) is 0 Å². The molecule has 0 aromatic heterocycles. The molecule has 0 heterocycles. The maximum atomic E-state index is 12.5. The Balaban J connectivity index is 1.92. The third-order valence-electron chi connectivity index (χ3n) is 4.50. The Morgan fingerprint density at radius 3 is 2.06 bits per heavy atom. The van der Waals surface area contributed by atoms with Crippen molar-refractivity contribution >= 4 is 5.78 Å². The summed E-state index contributed by atoms with van der Waals surface area (Å²) in [7, 11) is 0. The number of carbonyl (C=O) groups excluding carboxylic acids is 1. The minimum absolute atomic E-state index is 0.112. The van der Waals surface area contributed by atoms with Crippen molar-refractivity contribution in [3.05, 3.63) is 0 Å². The van der Waals surface area contributed by atoms with E-state index in [9.17, 15) is 4.79 Å². The fourth-order valence-electron chi connectivity index (χ4n) is 3.41. The summed E-state index contributed by atoms with van der Waals surface area (Å²) < 4.78 is 0. The van der Waals surface area contributed by atoms with E-state index >= 15 is 0 Å². The fraction of sp³-hybridized carbons (Fsp3) is 0.933. The molecule has 1 atom stereocenters. The highest BCUT2D eigenvalue weighted by Crippen LogP contribution is 2.28. The average molecular weight is 237 g/mol. The zero-order chi connectivity index (χ0) is 12.3. The van der Waals surface area contributed by atoms with Crippen LogP contribution in [0.1, 0.15) is 65.2 Å². The Hall–Kier alpha value is -0.370. The fourth-order valence-corrected chi connectivity index (χ4v) is 3.41. The number of hydrogen-bond donors (Lipinski definition) is 1. The van der Waals surface area contributed by atoms with E-state index in [1.807, 2.05) is 0 Å². The van der Waals surface area contributed by atoms with E-state index < -0.39 is 0 Å². The van der Waals surface area contributed by atoms with Crippen LogP contribution in [0.15, 0.2) is 0 Å². The van der Waals surface area contributed by atoms with Gasteiger partial charge in [0.15, 0.2) is 5.78 Å². The molecule has 1 unspecified atom stereocenters. The summed E-state index contributed by atoms with van der Waals surface area (Å²) in [6.45, 7) is 4.36. The van der Waals surface area contributed by atoms with Crippen LogP contribution < -0.4 is 5.32 Å². The molecule has 0 saturated heterocycles. The Kier molecular flexibility index (Phi) is 4.61. The summed E-state index contributed by atoms with van der Waals surface area (Å²) in [5, 5.41) is 3.64. The van der Waals surface area contributed by atoms with E-state index in [0.717, 1.165) is 12.8 Å². The molecule has 2 aliphatic rings. The van der Waals surface area contributed by atoms with Gasteiger partial charge in [-0.15, -0.1) is 0 Å². The first-order valence-electron chi connectivity index (χ1n) is 7.48. The molecule has 0 bridgehead atoms. The summed E-state index contributed by atoms with van der Waals surface area (Å²) in [6, 6.07) is 0.717. The molecular formula is C15H27NO. The molecule has 2 rings (SSSR count). The zero-order valence-corrected chi connectivity index (χ0v) is 11.4. The van der Waals surface area contributed by atoms with Crippen molar-refractivity contribution < 1.29 is 4.79 Å². The van der Waals surface area contributed by atoms with Crippen LogP contribution in [-0.4, -0.2) is 17.9 Å². The molecule has 0 radical (unpaired) electrons. The van der Waals surface area contributed by atoms with Gasteiger partial charge in [-0.05, 0) is 31.6 Å². The van der Waals surface area contributed by atoms with Gasteiger partial charge in [-0.1, -0.05) is 39.5 Å². The van der Waals surface area contributed by atoms with Crippen LogP contribution >= 0.6 is 0 Å². The topological polar surface area (TPSA) is 29.1 Å². The maximum absolute atomic E-state index is 12.5. The SMILES string of the molecule is CC(C)C(NC1CCCC1)C(=O)C1CCCC1. The van der Waals surface area contributed by atoms with Crippen LogP contribution in [0.2, 0.25) is 0 Å². The number of carbonyl (C=O) groups is 1. The molecule has 2 heteroatoms. The number of rotatable bonds is 5.